The van der Waals surface area contributed by atoms with Crippen molar-refractivity contribution in [2.24, 2.45) is 0 Å². The van der Waals surface area contributed by atoms with Crippen molar-refractivity contribution in [2.75, 3.05) is 11.4 Å². The smallest absolute Gasteiger partial charge is 0.237 e. The van der Waals surface area contributed by atoms with Gasteiger partial charge in [-0.25, -0.2) is 9.97 Å². The summed E-state index contributed by atoms with van der Waals surface area (Å²) in [4.78, 5) is 28.4. The van der Waals surface area contributed by atoms with Gasteiger partial charge >= 0.3 is 0 Å². The normalized spacial score (nSPS) is 17.7. The van der Waals surface area contributed by atoms with E-state index in [9.17, 15) is 4.79 Å². The van der Waals surface area contributed by atoms with Gasteiger partial charge in [0, 0.05) is 49.2 Å². The van der Waals surface area contributed by atoms with Crippen LogP contribution in [0.1, 0.15) is 77.3 Å². The molecule has 0 spiro atoms. The van der Waals surface area contributed by atoms with Crippen LogP contribution in [0.25, 0.3) is 5.95 Å². The van der Waals surface area contributed by atoms with E-state index >= 15 is 0 Å². The highest BCUT2D eigenvalue weighted by Crippen LogP contribution is 2.26. The topological polar surface area (TPSA) is 75.9 Å². The molecule has 0 aliphatic carbocycles. The number of aromatic nitrogens is 4. The van der Waals surface area contributed by atoms with Crippen LogP contribution in [0.15, 0.2) is 24.8 Å². The molecule has 1 aliphatic heterocycles. The second-order valence-corrected chi connectivity index (χ2v) is 8.50. The molecule has 2 aromatic heterocycles. The van der Waals surface area contributed by atoms with Crippen LogP contribution in [-0.2, 0) is 4.79 Å². The van der Waals surface area contributed by atoms with Crippen molar-refractivity contribution in [1.82, 2.24) is 24.8 Å². The summed E-state index contributed by atoms with van der Waals surface area (Å²) in [6.45, 7) is 7.24. The summed E-state index contributed by atoms with van der Waals surface area (Å²) in [6, 6.07) is 2.43. The third-order valence-electron chi connectivity index (χ3n) is 5.80. The lowest BCUT2D eigenvalue weighted by Crippen LogP contribution is -2.44. The summed E-state index contributed by atoms with van der Waals surface area (Å²) in [7, 11) is 0. The Morgan fingerprint density at radius 3 is 2.90 bits per heavy atom. The van der Waals surface area contributed by atoms with Gasteiger partial charge < -0.3 is 10.2 Å². The SMILES string of the molecule is CCCCCCC(C)NC(=O)CC1CCCCN1c1cc(C)nc(-n2ccnc2)n1. The number of rotatable bonds is 10. The minimum atomic E-state index is 0.149. The monoisotopic (exact) mass is 412 g/mol. The lowest BCUT2D eigenvalue weighted by atomic mass is 9.98. The molecule has 0 aromatic carbocycles. The average molecular weight is 413 g/mol. The Labute approximate surface area is 180 Å². The molecule has 1 aliphatic rings. The molecular formula is C23H36N6O. The first kappa shape index (κ1) is 22.2. The van der Waals surface area contributed by atoms with E-state index in [4.69, 9.17) is 4.98 Å². The maximum absolute atomic E-state index is 12.7. The van der Waals surface area contributed by atoms with Gasteiger partial charge in [-0.2, -0.15) is 4.98 Å². The average Bonchev–Trinajstić information content (AvgIpc) is 3.26. The van der Waals surface area contributed by atoms with Gasteiger partial charge in [0.25, 0.3) is 0 Å². The summed E-state index contributed by atoms with van der Waals surface area (Å²) in [5.41, 5.74) is 0.915. The molecule has 7 nitrogen and oxygen atoms in total. The Hall–Kier alpha value is -2.44. The first-order chi connectivity index (χ1) is 14.6. The van der Waals surface area contributed by atoms with Crippen LogP contribution in [0.2, 0.25) is 0 Å². The van der Waals surface area contributed by atoms with E-state index < -0.39 is 0 Å². The summed E-state index contributed by atoms with van der Waals surface area (Å²) < 4.78 is 1.82. The number of piperidine rings is 1. The van der Waals surface area contributed by atoms with E-state index in [1.807, 2.05) is 23.8 Å². The number of anilines is 1. The number of hydrogen-bond donors (Lipinski definition) is 1. The molecule has 7 heteroatoms. The Bertz CT molecular complexity index is 791. The molecule has 1 N–H and O–H groups in total. The quantitative estimate of drug-likeness (QED) is 0.592. The van der Waals surface area contributed by atoms with Crippen LogP contribution in [-0.4, -0.2) is 44.1 Å². The predicted octanol–water partition coefficient (Wildman–Crippen LogP) is 4.19. The molecule has 0 radical (unpaired) electrons. The molecule has 3 heterocycles. The van der Waals surface area contributed by atoms with E-state index in [-0.39, 0.29) is 18.0 Å². The fraction of sp³-hybridized carbons (Fsp3) is 0.652. The highest BCUT2D eigenvalue weighted by molar-refractivity contribution is 5.77. The number of imidazole rings is 1. The summed E-state index contributed by atoms with van der Waals surface area (Å²) >= 11 is 0. The molecule has 30 heavy (non-hydrogen) atoms. The van der Waals surface area contributed by atoms with Gasteiger partial charge in [0.15, 0.2) is 0 Å². The number of nitrogens with one attached hydrogen (secondary N) is 1. The third-order valence-corrected chi connectivity index (χ3v) is 5.80. The molecule has 0 saturated carbocycles. The number of hydrogen-bond acceptors (Lipinski definition) is 5. The molecular weight excluding hydrogens is 376 g/mol. The molecule has 1 saturated heterocycles. The van der Waals surface area contributed by atoms with Crippen molar-refractivity contribution in [2.45, 2.75) is 90.6 Å². The van der Waals surface area contributed by atoms with Gasteiger partial charge in [-0.3, -0.25) is 9.36 Å². The summed E-state index contributed by atoms with van der Waals surface area (Å²) in [5, 5.41) is 3.21. The highest BCUT2D eigenvalue weighted by atomic mass is 16.1. The minimum absolute atomic E-state index is 0.149. The van der Waals surface area contributed by atoms with Crippen LogP contribution in [0.4, 0.5) is 5.82 Å². The number of unbranched alkanes of at least 4 members (excludes halogenated alkanes) is 3. The van der Waals surface area contributed by atoms with Gasteiger partial charge in [0.1, 0.15) is 12.1 Å². The minimum Gasteiger partial charge on any atom is -0.354 e. The molecule has 2 unspecified atom stereocenters. The van der Waals surface area contributed by atoms with Gasteiger partial charge in [-0.15, -0.1) is 0 Å². The zero-order valence-electron chi connectivity index (χ0n) is 18.7. The van der Waals surface area contributed by atoms with Crippen LogP contribution in [0.3, 0.4) is 0 Å². The van der Waals surface area contributed by atoms with Gasteiger partial charge in [0.05, 0.1) is 0 Å². The number of carbonyl (C=O) groups is 1. The molecule has 1 fully saturated rings. The number of nitrogens with zero attached hydrogens (tertiary/aromatic N) is 5. The summed E-state index contributed by atoms with van der Waals surface area (Å²) in [6.07, 6.45) is 15.1. The Morgan fingerprint density at radius 1 is 1.27 bits per heavy atom. The van der Waals surface area contributed by atoms with Gasteiger partial charge in [-0.1, -0.05) is 32.6 Å². The number of aryl methyl sites for hydroxylation is 1. The Morgan fingerprint density at radius 2 is 2.13 bits per heavy atom. The Balaban J connectivity index is 1.63. The third kappa shape index (κ3) is 6.28. The second kappa shape index (κ2) is 11.1. The maximum Gasteiger partial charge on any atom is 0.237 e. The molecule has 1 amide bonds. The fourth-order valence-electron chi connectivity index (χ4n) is 4.19. The van der Waals surface area contributed by atoms with Crippen molar-refractivity contribution in [3.63, 3.8) is 0 Å². The lowest BCUT2D eigenvalue weighted by Gasteiger charge is -2.36. The first-order valence-electron chi connectivity index (χ1n) is 11.5. The zero-order chi connectivity index (χ0) is 21.3. The van der Waals surface area contributed by atoms with E-state index in [0.29, 0.717) is 12.4 Å². The van der Waals surface area contributed by atoms with Crippen LogP contribution in [0, 0.1) is 6.92 Å². The van der Waals surface area contributed by atoms with Crippen molar-refractivity contribution in [1.29, 1.82) is 0 Å². The van der Waals surface area contributed by atoms with Gasteiger partial charge in [-0.05, 0) is 39.5 Å². The van der Waals surface area contributed by atoms with Crippen molar-refractivity contribution in [3.05, 3.63) is 30.5 Å². The second-order valence-electron chi connectivity index (χ2n) is 8.50. The first-order valence-corrected chi connectivity index (χ1v) is 11.5. The standard InChI is InChI=1S/C23H36N6O/c1-4-5-6-7-10-18(2)25-22(30)16-20-11-8-9-13-29(20)21-15-19(3)26-23(27-21)28-14-12-24-17-28/h12,14-15,17-18,20H,4-11,13,16H2,1-3H3,(H,25,30). The zero-order valence-corrected chi connectivity index (χ0v) is 18.7. The molecule has 0 bridgehead atoms. The van der Waals surface area contributed by atoms with Crippen LogP contribution < -0.4 is 10.2 Å². The predicted molar refractivity (Wildman–Crippen MR) is 120 cm³/mol. The van der Waals surface area contributed by atoms with Crippen molar-refractivity contribution >= 4 is 11.7 Å². The van der Waals surface area contributed by atoms with E-state index in [0.717, 1.165) is 43.7 Å². The molecule has 2 atom stereocenters. The molecule has 164 valence electrons. The van der Waals surface area contributed by atoms with Gasteiger partial charge in [0.2, 0.25) is 11.9 Å². The fourth-order valence-corrected chi connectivity index (χ4v) is 4.19. The number of amides is 1. The van der Waals surface area contributed by atoms with Crippen molar-refractivity contribution < 1.29 is 4.79 Å². The Kier molecular flexibility index (Phi) is 8.22. The largest absolute Gasteiger partial charge is 0.354 e. The van der Waals surface area contributed by atoms with Crippen LogP contribution >= 0.6 is 0 Å². The van der Waals surface area contributed by atoms with E-state index in [2.05, 4.69) is 34.0 Å². The number of carbonyl (C=O) groups excluding carboxylic acids is 1. The van der Waals surface area contributed by atoms with E-state index in [1.165, 1.54) is 25.7 Å². The van der Waals surface area contributed by atoms with Crippen LogP contribution in [0.5, 0.6) is 0 Å². The summed E-state index contributed by atoms with van der Waals surface area (Å²) in [5.74, 6) is 1.67. The molecule has 2 aromatic rings. The lowest BCUT2D eigenvalue weighted by molar-refractivity contribution is -0.122. The van der Waals surface area contributed by atoms with Crippen molar-refractivity contribution in [3.8, 4) is 5.95 Å². The highest BCUT2D eigenvalue weighted by Gasteiger charge is 2.27. The molecule has 3 rings (SSSR count). The maximum atomic E-state index is 12.7. The van der Waals surface area contributed by atoms with E-state index in [1.54, 1.807) is 12.5 Å².